The molecule has 0 aliphatic carbocycles. The van der Waals surface area contributed by atoms with Gasteiger partial charge in [0.2, 0.25) is 11.8 Å². The third kappa shape index (κ3) is 7.57. The summed E-state index contributed by atoms with van der Waals surface area (Å²) in [5.74, 6) is -0.256. The van der Waals surface area contributed by atoms with Gasteiger partial charge in [0.15, 0.2) is 0 Å². The van der Waals surface area contributed by atoms with Gasteiger partial charge >= 0.3 is 0 Å². The summed E-state index contributed by atoms with van der Waals surface area (Å²) in [5.41, 5.74) is 0.417. The van der Waals surface area contributed by atoms with E-state index in [-0.39, 0.29) is 37.4 Å². The molecule has 0 radical (unpaired) electrons. The number of amides is 3. The van der Waals surface area contributed by atoms with Crippen LogP contribution in [0.4, 0.5) is 0 Å². The van der Waals surface area contributed by atoms with E-state index >= 15 is 0 Å². The molecule has 1 aromatic heterocycles. The predicted molar refractivity (Wildman–Crippen MR) is 113 cm³/mol. The second-order valence-corrected chi connectivity index (χ2v) is 8.51. The fraction of sp³-hybridized carbons (Fsp3) is 0.381. The largest absolute Gasteiger partial charge is 0.497 e. The van der Waals surface area contributed by atoms with Crippen molar-refractivity contribution in [1.82, 2.24) is 15.5 Å². The zero-order valence-corrected chi connectivity index (χ0v) is 18.0. The first-order valence-electron chi connectivity index (χ1n) is 9.21. The SMILES string of the molecule is COc1cccc(CN(CC(=O)NC(C)(C)C)C(=O)CNC(=O)c2cccs2)c1. The number of rotatable bonds is 8. The number of ether oxygens (including phenoxy) is 1. The lowest BCUT2D eigenvalue weighted by atomic mass is 10.1. The van der Waals surface area contributed by atoms with Gasteiger partial charge in [0.25, 0.3) is 5.91 Å². The Balaban J connectivity index is 2.08. The molecule has 3 amide bonds. The van der Waals surface area contributed by atoms with Gasteiger partial charge < -0.3 is 20.3 Å². The normalized spacial score (nSPS) is 10.9. The van der Waals surface area contributed by atoms with Crippen molar-refractivity contribution in [2.75, 3.05) is 20.2 Å². The van der Waals surface area contributed by atoms with Crippen LogP contribution in [0, 0.1) is 0 Å². The van der Waals surface area contributed by atoms with E-state index < -0.39 is 5.54 Å². The Kier molecular flexibility index (Phi) is 7.78. The van der Waals surface area contributed by atoms with Crippen molar-refractivity contribution in [2.24, 2.45) is 0 Å². The van der Waals surface area contributed by atoms with E-state index in [9.17, 15) is 14.4 Å². The van der Waals surface area contributed by atoms with Crippen molar-refractivity contribution in [2.45, 2.75) is 32.9 Å². The number of benzene rings is 1. The lowest BCUT2D eigenvalue weighted by Crippen LogP contribution is -2.48. The molecule has 0 fully saturated rings. The summed E-state index contributed by atoms with van der Waals surface area (Å²) in [4.78, 5) is 39.2. The van der Waals surface area contributed by atoms with Crippen LogP contribution in [0.5, 0.6) is 5.75 Å². The van der Waals surface area contributed by atoms with E-state index in [1.54, 1.807) is 24.6 Å². The zero-order chi connectivity index (χ0) is 21.4. The van der Waals surface area contributed by atoms with Crippen LogP contribution in [0.2, 0.25) is 0 Å². The molecule has 0 saturated carbocycles. The van der Waals surface area contributed by atoms with Gasteiger partial charge in [0, 0.05) is 12.1 Å². The van der Waals surface area contributed by atoms with Crippen LogP contribution >= 0.6 is 11.3 Å². The van der Waals surface area contributed by atoms with Gasteiger partial charge in [-0.1, -0.05) is 18.2 Å². The van der Waals surface area contributed by atoms with Crippen LogP contribution in [0.3, 0.4) is 0 Å². The fourth-order valence-electron chi connectivity index (χ4n) is 2.62. The quantitative estimate of drug-likeness (QED) is 0.691. The van der Waals surface area contributed by atoms with Crippen LogP contribution in [0.25, 0.3) is 0 Å². The summed E-state index contributed by atoms with van der Waals surface area (Å²) in [7, 11) is 1.57. The minimum Gasteiger partial charge on any atom is -0.497 e. The standard InChI is InChI=1S/C21H27N3O4S/c1-21(2,3)23-18(25)14-24(13-15-7-5-8-16(11-15)28-4)19(26)12-22-20(27)17-9-6-10-29-17/h5-11H,12-14H2,1-4H3,(H,22,27)(H,23,25). The van der Waals surface area contributed by atoms with Crippen LogP contribution in [0.15, 0.2) is 41.8 Å². The maximum atomic E-state index is 12.8. The Morgan fingerprint density at radius 1 is 1.14 bits per heavy atom. The molecule has 0 aliphatic rings. The Bertz CT molecular complexity index is 844. The molecule has 2 aromatic rings. The predicted octanol–water partition coefficient (Wildman–Crippen LogP) is 2.43. The van der Waals surface area contributed by atoms with Crippen LogP contribution in [-0.2, 0) is 16.1 Å². The molecule has 8 heteroatoms. The van der Waals surface area contributed by atoms with Crippen LogP contribution in [0.1, 0.15) is 36.0 Å². The van der Waals surface area contributed by atoms with Crippen molar-refractivity contribution in [1.29, 1.82) is 0 Å². The molecule has 0 aliphatic heterocycles. The molecule has 0 saturated heterocycles. The third-order valence-corrected chi connectivity index (χ3v) is 4.72. The third-order valence-electron chi connectivity index (χ3n) is 3.85. The first kappa shape index (κ1) is 22.4. The van der Waals surface area contributed by atoms with E-state index in [4.69, 9.17) is 4.74 Å². The first-order valence-corrected chi connectivity index (χ1v) is 10.1. The van der Waals surface area contributed by atoms with Crippen molar-refractivity contribution >= 4 is 29.1 Å². The van der Waals surface area contributed by atoms with Gasteiger partial charge in [0.1, 0.15) is 5.75 Å². The lowest BCUT2D eigenvalue weighted by Gasteiger charge is -2.26. The van der Waals surface area contributed by atoms with Gasteiger partial charge in [-0.05, 0) is 49.9 Å². The van der Waals surface area contributed by atoms with Crippen molar-refractivity contribution < 1.29 is 19.1 Å². The summed E-state index contributed by atoms with van der Waals surface area (Å²) >= 11 is 1.30. The Labute approximate surface area is 175 Å². The number of nitrogens with one attached hydrogen (secondary N) is 2. The smallest absolute Gasteiger partial charge is 0.261 e. The second kappa shape index (κ2) is 10.1. The highest BCUT2D eigenvalue weighted by molar-refractivity contribution is 7.12. The van der Waals surface area contributed by atoms with Crippen LogP contribution in [-0.4, -0.2) is 48.4 Å². The van der Waals surface area contributed by atoms with Crippen LogP contribution < -0.4 is 15.4 Å². The summed E-state index contributed by atoms with van der Waals surface area (Å²) in [6.07, 6.45) is 0. The highest BCUT2D eigenvalue weighted by Gasteiger charge is 2.21. The molecule has 0 unspecified atom stereocenters. The number of carbonyl (C=O) groups excluding carboxylic acids is 3. The minimum absolute atomic E-state index is 0.109. The second-order valence-electron chi connectivity index (χ2n) is 7.56. The van der Waals surface area contributed by atoms with E-state index in [0.29, 0.717) is 10.6 Å². The minimum atomic E-state index is -0.408. The molecule has 0 atom stereocenters. The number of hydrogen-bond acceptors (Lipinski definition) is 5. The molecular weight excluding hydrogens is 390 g/mol. The lowest BCUT2D eigenvalue weighted by molar-refractivity contribution is -0.136. The van der Waals surface area contributed by atoms with Crippen molar-refractivity contribution in [3.63, 3.8) is 0 Å². The molecule has 2 rings (SSSR count). The van der Waals surface area contributed by atoms with Gasteiger partial charge in [-0.25, -0.2) is 0 Å². The number of thiophene rings is 1. The Morgan fingerprint density at radius 3 is 2.52 bits per heavy atom. The highest BCUT2D eigenvalue weighted by Crippen LogP contribution is 2.15. The van der Waals surface area contributed by atoms with Crippen molar-refractivity contribution in [3.05, 3.63) is 52.2 Å². The van der Waals surface area contributed by atoms with Gasteiger partial charge in [-0.15, -0.1) is 11.3 Å². The average Bonchev–Trinajstić information content (AvgIpc) is 3.18. The fourth-order valence-corrected chi connectivity index (χ4v) is 3.26. The summed E-state index contributed by atoms with van der Waals surface area (Å²) in [5, 5.41) is 7.27. The maximum absolute atomic E-state index is 12.8. The summed E-state index contributed by atoms with van der Waals surface area (Å²) in [6.45, 7) is 5.55. The summed E-state index contributed by atoms with van der Waals surface area (Å²) in [6, 6.07) is 10.8. The number of hydrogen-bond donors (Lipinski definition) is 2. The number of methoxy groups -OCH3 is 1. The van der Waals surface area contributed by atoms with Gasteiger partial charge in [0.05, 0.1) is 25.1 Å². The molecule has 2 N–H and O–H groups in total. The number of carbonyl (C=O) groups is 3. The maximum Gasteiger partial charge on any atom is 0.261 e. The molecule has 1 heterocycles. The molecule has 156 valence electrons. The Hall–Kier alpha value is -2.87. The van der Waals surface area contributed by atoms with E-state index in [0.717, 1.165) is 5.56 Å². The summed E-state index contributed by atoms with van der Waals surface area (Å²) < 4.78 is 5.23. The molecule has 29 heavy (non-hydrogen) atoms. The number of nitrogens with zero attached hydrogens (tertiary/aromatic N) is 1. The van der Waals surface area contributed by atoms with E-state index in [2.05, 4.69) is 10.6 Å². The van der Waals surface area contributed by atoms with Gasteiger partial charge in [-0.2, -0.15) is 0 Å². The van der Waals surface area contributed by atoms with E-state index in [1.807, 2.05) is 45.0 Å². The first-order chi connectivity index (χ1) is 13.7. The zero-order valence-electron chi connectivity index (χ0n) is 17.2. The molecule has 1 aromatic carbocycles. The molecule has 0 spiro atoms. The monoisotopic (exact) mass is 417 g/mol. The van der Waals surface area contributed by atoms with Gasteiger partial charge in [-0.3, -0.25) is 14.4 Å². The molecule has 0 bridgehead atoms. The average molecular weight is 418 g/mol. The van der Waals surface area contributed by atoms with Crippen molar-refractivity contribution in [3.8, 4) is 5.75 Å². The van der Waals surface area contributed by atoms with E-state index in [1.165, 1.54) is 16.2 Å². The Morgan fingerprint density at radius 2 is 1.90 bits per heavy atom. The molecular formula is C21H27N3O4S. The molecule has 7 nitrogen and oxygen atoms in total. The highest BCUT2D eigenvalue weighted by atomic mass is 32.1. The topological polar surface area (TPSA) is 87.7 Å².